The van der Waals surface area contributed by atoms with Gasteiger partial charge in [-0.15, -0.1) is 0 Å². The molecule has 0 unspecified atom stereocenters. The average molecular weight is 329 g/mol. The standard InChI is InChI=1S/C14H21BrN2S/c1-18-14(7-3-2-4-8-14)11-16-10-13-6-5-12(15)9-17-13/h5-6,9,16H,2-4,7-8,10-11H2,1H3. The van der Waals surface area contributed by atoms with Gasteiger partial charge in [-0.05, 0) is 47.2 Å². The molecule has 100 valence electrons. The molecule has 1 aromatic heterocycles. The van der Waals surface area contributed by atoms with Gasteiger partial charge >= 0.3 is 0 Å². The second-order valence-electron chi connectivity index (χ2n) is 5.02. The van der Waals surface area contributed by atoms with Crippen LogP contribution in [0.4, 0.5) is 0 Å². The van der Waals surface area contributed by atoms with Crippen molar-refractivity contribution in [3.63, 3.8) is 0 Å². The number of nitrogens with zero attached hydrogens (tertiary/aromatic N) is 1. The van der Waals surface area contributed by atoms with E-state index in [2.05, 4.69) is 44.6 Å². The summed E-state index contributed by atoms with van der Waals surface area (Å²) in [6.45, 7) is 1.97. The van der Waals surface area contributed by atoms with Crippen LogP contribution >= 0.6 is 27.7 Å². The fourth-order valence-electron chi connectivity index (χ4n) is 2.58. The minimum atomic E-state index is 0.466. The van der Waals surface area contributed by atoms with Gasteiger partial charge in [0.15, 0.2) is 0 Å². The Bertz CT molecular complexity index is 361. The first-order chi connectivity index (χ1) is 8.74. The van der Waals surface area contributed by atoms with Crippen molar-refractivity contribution in [2.24, 2.45) is 0 Å². The van der Waals surface area contributed by atoms with Gasteiger partial charge in [-0.25, -0.2) is 0 Å². The highest BCUT2D eigenvalue weighted by molar-refractivity contribution is 9.10. The van der Waals surface area contributed by atoms with E-state index < -0.39 is 0 Å². The van der Waals surface area contributed by atoms with Crippen LogP contribution in [0.2, 0.25) is 0 Å². The van der Waals surface area contributed by atoms with Crippen LogP contribution in [-0.4, -0.2) is 22.5 Å². The molecule has 0 atom stereocenters. The Balaban J connectivity index is 1.81. The molecule has 1 N–H and O–H groups in total. The van der Waals surface area contributed by atoms with Crippen LogP contribution in [0.5, 0.6) is 0 Å². The molecule has 0 saturated heterocycles. The highest BCUT2D eigenvalue weighted by atomic mass is 79.9. The van der Waals surface area contributed by atoms with Gasteiger partial charge in [0.2, 0.25) is 0 Å². The van der Waals surface area contributed by atoms with Gasteiger partial charge in [0.25, 0.3) is 0 Å². The van der Waals surface area contributed by atoms with Crippen molar-refractivity contribution in [1.29, 1.82) is 0 Å². The van der Waals surface area contributed by atoms with Crippen LogP contribution in [-0.2, 0) is 6.54 Å². The maximum atomic E-state index is 4.39. The number of pyridine rings is 1. The molecule has 0 aromatic carbocycles. The second kappa shape index (κ2) is 6.92. The first-order valence-electron chi connectivity index (χ1n) is 6.60. The lowest BCUT2D eigenvalue weighted by atomic mass is 9.88. The van der Waals surface area contributed by atoms with Crippen LogP contribution < -0.4 is 5.32 Å². The van der Waals surface area contributed by atoms with Gasteiger partial charge in [-0.1, -0.05) is 19.3 Å². The summed E-state index contributed by atoms with van der Waals surface area (Å²) in [4.78, 5) is 4.39. The zero-order chi connectivity index (χ0) is 12.8. The number of nitrogens with one attached hydrogen (secondary N) is 1. The third-order valence-corrected chi connectivity index (χ3v) is 5.63. The Morgan fingerprint density at radius 1 is 1.33 bits per heavy atom. The summed E-state index contributed by atoms with van der Waals surface area (Å²) >= 11 is 5.45. The zero-order valence-electron chi connectivity index (χ0n) is 10.9. The van der Waals surface area contributed by atoms with Crippen LogP contribution in [0.25, 0.3) is 0 Å². The van der Waals surface area contributed by atoms with Crippen molar-refractivity contribution in [1.82, 2.24) is 10.3 Å². The van der Waals surface area contributed by atoms with E-state index in [1.807, 2.05) is 18.0 Å². The Morgan fingerprint density at radius 3 is 2.72 bits per heavy atom. The number of thioether (sulfide) groups is 1. The van der Waals surface area contributed by atoms with E-state index in [0.29, 0.717) is 4.75 Å². The van der Waals surface area contributed by atoms with Crippen LogP contribution in [0.1, 0.15) is 37.8 Å². The lowest BCUT2D eigenvalue weighted by Crippen LogP contribution is -2.39. The molecule has 0 aliphatic heterocycles. The quantitative estimate of drug-likeness (QED) is 0.884. The molecule has 1 saturated carbocycles. The van der Waals surface area contributed by atoms with Gasteiger partial charge in [-0.2, -0.15) is 11.8 Å². The first-order valence-corrected chi connectivity index (χ1v) is 8.62. The monoisotopic (exact) mass is 328 g/mol. The summed E-state index contributed by atoms with van der Waals surface area (Å²) in [6.07, 6.45) is 11.0. The van der Waals surface area contributed by atoms with Gasteiger partial charge in [0, 0.05) is 28.5 Å². The largest absolute Gasteiger partial charge is 0.310 e. The van der Waals surface area contributed by atoms with Gasteiger partial charge in [-0.3, -0.25) is 4.98 Å². The van der Waals surface area contributed by atoms with Crippen molar-refractivity contribution in [3.05, 3.63) is 28.5 Å². The van der Waals surface area contributed by atoms with Crippen molar-refractivity contribution in [2.45, 2.75) is 43.4 Å². The third-order valence-electron chi connectivity index (χ3n) is 3.74. The maximum Gasteiger partial charge on any atom is 0.0542 e. The van der Waals surface area contributed by atoms with E-state index in [1.165, 1.54) is 32.1 Å². The number of hydrogen-bond donors (Lipinski definition) is 1. The molecule has 0 radical (unpaired) electrons. The molecule has 18 heavy (non-hydrogen) atoms. The average Bonchev–Trinajstić information content (AvgIpc) is 2.42. The fourth-order valence-corrected chi connectivity index (χ4v) is 3.76. The summed E-state index contributed by atoms with van der Waals surface area (Å²) in [5.41, 5.74) is 1.12. The van der Waals surface area contributed by atoms with Crippen molar-refractivity contribution in [3.8, 4) is 0 Å². The van der Waals surface area contributed by atoms with Crippen molar-refractivity contribution < 1.29 is 0 Å². The van der Waals surface area contributed by atoms with E-state index in [1.54, 1.807) is 0 Å². The Morgan fingerprint density at radius 2 is 2.11 bits per heavy atom. The second-order valence-corrected chi connectivity index (χ2v) is 7.21. The van der Waals surface area contributed by atoms with E-state index in [4.69, 9.17) is 0 Å². The summed E-state index contributed by atoms with van der Waals surface area (Å²) < 4.78 is 1.51. The molecule has 1 aromatic rings. The Hall–Kier alpha value is -0.0600. The topological polar surface area (TPSA) is 24.9 Å². The molecule has 0 bridgehead atoms. The van der Waals surface area contributed by atoms with E-state index >= 15 is 0 Å². The van der Waals surface area contributed by atoms with Crippen molar-refractivity contribution in [2.75, 3.05) is 12.8 Å². The smallest absolute Gasteiger partial charge is 0.0542 e. The predicted octanol–water partition coefficient (Wildman–Crippen LogP) is 4.00. The highest BCUT2D eigenvalue weighted by Crippen LogP contribution is 2.37. The lowest BCUT2D eigenvalue weighted by molar-refractivity contribution is 0.379. The van der Waals surface area contributed by atoms with E-state index in [9.17, 15) is 0 Å². The molecule has 2 rings (SSSR count). The van der Waals surface area contributed by atoms with Crippen LogP contribution in [0, 0.1) is 0 Å². The summed E-state index contributed by atoms with van der Waals surface area (Å²) in [5, 5.41) is 3.58. The molecule has 1 aliphatic rings. The normalized spacial score (nSPS) is 18.8. The molecule has 0 amide bonds. The summed E-state index contributed by atoms with van der Waals surface area (Å²) in [7, 11) is 0. The molecule has 1 aliphatic carbocycles. The molecule has 1 heterocycles. The zero-order valence-corrected chi connectivity index (χ0v) is 13.3. The Labute approximate surface area is 122 Å². The number of aromatic nitrogens is 1. The highest BCUT2D eigenvalue weighted by Gasteiger charge is 2.30. The third kappa shape index (κ3) is 3.97. The van der Waals surface area contributed by atoms with Gasteiger partial charge in [0.1, 0.15) is 0 Å². The summed E-state index contributed by atoms with van der Waals surface area (Å²) in [6, 6.07) is 4.12. The van der Waals surface area contributed by atoms with Crippen LogP contribution in [0.3, 0.4) is 0 Å². The SMILES string of the molecule is CSC1(CNCc2ccc(Br)cn2)CCCCC1. The number of halogens is 1. The van der Waals surface area contributed by atoms with Gasteiger partial charge < -0.3 is 5.32 Å². The predicted molar refractivity (Wildman–Crippen MR) is 83.0 cm³/mol. The van der Waals surface area contributed by atoms with Gasteiger partial charge in [0.05, 0.1) is 5.69 Å². The summed E-state index contributed by atoms with van der Waals surface area (Å²) in [5.74, 6) is 0. The molecule has 2 nitrogen and oxygen atoms in total. The molecule has 0 spiro atoms. The molecular weight excluding hydrogens is 308 g/mol. The van der Waals surface area contributed by atoms with Crippen molar-refractivity contribution >= 4 is 27.7 Å². The molecule has 1 fully saturated rings. The van der Waals surface area contributed by atoms with E-state index in [0.717, 1.165) is 23.3 Å². The van der Waals surface area contributed by atoms with Crippen LogP contribution in [0.15, 0.2) is 22.8 Å². The number of rotatable bonds is 5. The first kappa shape index (κ1) is 14.4. The van der Waals surface area contributed by atoms with E-state index in [-0.39, 0.29) is 0 Å². The molecule has 4 heteroatoms. The number of hydrogen-bond acceptors (Lipinski definition) is 3. The Kier molecular flexibility index (Phi) is 5.52. The minimum Gasteiger partial charge on any atom is -0.310 e. The maximum absolute atomic E-state index is 4.39. The molecular formula is C14H21BrN2S. The fraction of sp³-hybridized carbons (Fsp3) is 0.643. The lowest BCUT2D eigenvalue weighted by Gasteiger charge is -2.36. The minimum absolute atomic E-state index is 0.466.